The maximum absolute atomic E-state index is 12.1. The van der Waals surface area contributed by atoms with Gasteiger partial charge in [-0.2, -0.15) is 0 Å². The monoisotopic (exact) mass is 360 g/mol. The summed E-state index contributed by atoms with van der Waals surface area (Å²) in [5.74, 6) is -1.17. The molecule has 0 atom stereocenters. The first kappa shape index (κ1) is 14.2. The molecule has 0 fully saturated rings. The number of hydrogen-bond acceptors (Lipinski definition) is 4. The Hall–Kier alpha value is -1.18. The molecule has 1 aromatic carbocycles. The van der Waals surface area contributed by atoms with Crippen molar-refractivity contribution in [1.82, 2.24) is 0 Å². The van der Waals surface area contributed by atoms with E-state index in [0.717, 1.165) is 9.35 Å². The molecular formula is C12H9BrO4S2. The van der Waals surface area contributed by atoms with Crippen LogP contribution in [0.3, 0.4) is 0 Å². The Morgan fingerprint density at radius 2 is 1.89 bits per heavy atom. The van der Waals surface area contributed by atoms with Crippen LogP contribution in [0.15, 0.2) is 45.1 Å². The van der Waals surface area contributed by atoms with Crippen molar-refractivity contribution >= 4 is 43.1 Å². The highest BCUT2D eigenvalue weighted by molar-refractivity contribution is 9.10. The second-order valence-electron chi connectivity index (χ2n) is 3.82. The van der Waals surface area contributed by atoms with E-state index in [1.165, 1.54) is 35.6 Å². The van der Waals surface area contributed by atoms with E-state index in [-0.39, 0.29) is 16.2 Å². The van der Waals surface area contributed by atoms with E-state index in [1.54, 1.807) is 6.07 Å². The second-order valence-corrected chi connectivity index (χ2v) is 7.72. The van der Waals surface area contributed by atoms with Gasteiger partial charge in [0.05, 0.1) is 16.2 Å². The maximum atomic E-state index is 12.1. The molecule has 1 N–H and O–H groups in total. The van der Waals surface area contributed by atoms with Crippen LogP contribution in [0.4, 0.5) is 0 Å². The van der Waals surface area contributed by atoms with Crippen LogP contribution in [0.2, 0.25) is 0 Å². The number of aromatic carboxylic acids is 1. The number of carboxylic acid groups (broad SMARTS) is 1. The van der Waals surface area contributed by atoms with Gasteiger partial charge in [-0.15, -0.1) is 11.3 Å². The lowest BCUT2D eigenvalue weighted by Gasteiger charge is -2.03. The summed E-state index contributed by atoms with van der Waals surface area (Å²) in [5, 5.41) is 10.6. The normalized spacial score (nSPS) is 11.4. The highest BCUT2D eigenvalue weighted by Gasteiger charge is 2.17. The van der Waals surface area contributed by atoms with Crippen molar-refractivity contribution in [2.75, 3.05) is 0 Å². The van der Waals surface area contributed by atoms with E-state index in [1.807, 2.05) is 5.38 Å². The van der Waals surface area contributed by atoms with Gasteiger partial charge in [0.25, 0.3) is 0 Å². The minimum absolute atomic E-state index is 0.0674. The van der Waals surface area contributed by atoms with Crippen LogP contribution in [0.25, 0.3) is 0 Å². The first-order chi connectivity index (χ1) is 8.88. The van der Waals surface area contributed by atoms with Gasteiger partial charge in [0.1, 0.15) is 0 Å². The fourth-order valence-corrected chi connectivity index (χ4v) is 4.65. The first-order valence-corrected chi connectivity index (χ1v) is 8.50. The van der Waals surface area contributed by atoms with Crippen LogP contribution >= 0.6 is 27.3 Å². The number of hydrogen-bond donors (Lipinski definition) is 1. The minimum atomic E-state index is -3.45. The average Bonchev–Trinajstić information content (AvgIpc) is 2.74. The van der Waals surface area contributed by atoms with E-state index >= 15 is 0 Å². The standard InChI is InChI=1S/C12H9BrO4S2/c13-9-5-10(18-6-9)7-19(16,17)11-3-1-8(2-4-11)12(14)15/h1-6H,7H2,(H,14,15). The molecule has 1 aromatic heterocycles. The fourth-order valence-electron chi connectivity index (χ4n) is 1.50. The molecule has 19 heavy (non-hydrogen) atoms. The third-order valence-corrected chi connectivity index (χ3v) is 5.98. The number of benzene rings is 1. The largest absolute Gasteiger partial charge is 0.478 e. The van der Waals surface area contributed by atoms with Crippen molar-refractivity contribution in [2.24, 2.45) is 0 Å². The molecule has 0 aliphatic carbocycles. The van der Waals surface area contributed by atoms with E-state index < -0.39 is 15.8 Å². The Kier molecular flexibility index (Phi) is 4.07. The molecular weight excluding hydrogens is 352 g/mol. The van der Waals surface area contributed by atoms with Gasteiger partial charge in [-0.05, 0) is 46.3 Å². The molecule has 2 aromatic rings. The summed E-state index contributed by atoms with van der Waals surface area (Å²) in [6, 6.07) is 6.98. The van der Waals surface area contributed by atoms with Gasteiger partial charge >= 0.3 is 5.97 Å². The number of sulfone groups is 1. The predicted octanol–water partition coefficient (Wildman–Crippen LogP) is 3.18. The van der Waals surface area contributed by atoms with Gasteiger partial charge in [-0.25, -0.2) is 13.2 Å². The van der Waals surface area contributed by atoms with Crippen molar-refractivity contribution in [3.63, 3.8) is 0 Å². The lowest BCUT2D eigenvalue weighted by atomic mass is 10.2. The molecule has 1 heterocycles. The zero-order valence-corrected chi connectivity index (χ0v) is 12.8. The third-order valence-electron chi connectivity index (χ3n) is 2.41. The number of thiophene rings is 1. The van der Waals surface area contributed by atoms with Crippen LogP contribution in [0.5, 0.6) is 0 Å². The molecule has 0 bridgehead atoms. The predicted molar refractivity (Wildman–Crippen MR) is 76.3 cm³/mol. The first-order valence-electron chi connectivity index (χ1n) is 5.17. The molecule has 0 unspecified atom stereocenters. The molecule has 0 amide bonds. The van der Waals surface area contributed by atoms with Gasteiger partial charge in [0.15, 0.2) is 9.84 Å². The Balaban J connectivity index is 2.26. The third kappa shape index (κ3) is 3.43. The molecule has 4 nitrogen and oxygen atoms in total. The molecule has 0 aliphatic heterocycles. The topological polar surface area (TPSA) is 71.4 Å². The Morgan fingerprint density at radius 1 is 1.26 bits per heavy atom. The summed E-state index contributed by atoms with van der Waals surface area (Å²) >= 11 is 4.63. The highest BCUT2D eigenvalue weighted by atomic mass is 79.9. The van der Waals surface area contributed by atoms with Crippen LogP contribution < -0.4 is 0 Å². The zero-order valence-electron chi connectivity index (χ0n) is 9.54. The molecule has 0 saturated heterocycles. The van der Waals surface area contributed by atoms with E-state index in [2.05, 4.69) is 15.9 Å². The van der Waals surface area contributed by atoms with E-state index in [9.17, 15) is 13.2 Å². The van der Waals surface area contributed by atoms with E-state index in [0.29, 0.717) is 0 Å². The van der Waals surface area contributed by atoms with Crippen molar-refractivity contribution in [2.45, 2.75) is 10.6 Å². The summed E-state index contributed by atoms with van der Waals surface area (Å²) in [5.41, 5.74) is 0.0674. The molecule has 7 heteroatoms. The van der Waals surface area contributed by atoms with Gasteiger partial charge < -0.3 is 5.11 Å². The molecule has 0 spiro atoms. The molecule has 0 saturated carbocycles. The summed E-state index contributed by atoms with van der Waals surface area (Å²) in [4.78, 5) is 11.6. The molecule has 0 aliphatic rings. The van der Waals surface area contributed by atoms with Crippen LogP contribution in [-0.2, 0) is 15.6 Å². The van der Waals surface area contributed by atoms with Gasteiger partial charge in [-0.1, -0.05) is 0 Å². The van der Waals surface area contributed by atoms with Gasteiger partial charge in [0.2, 0.25) is 0 Å². The highest BCUT2D eigenvalue weighted by Crippen LogP contribution is 2.24. The smallest absolute Gasteiger partial charge is 0.335 e. The number of rotatable bonds is 4. The van der Waals surface area contributed by atoms with Gasteiger partial charge in [0, 0.05) is 14.7 Å². The lowest BCUT2D eigenvalue weighted by Crippen LogP contribution is -2.04. The van der Waals surface area contributed by atoms with Crippen LogP contribution in [0.1, 0.15) is 15.2 Å². The maximum Gasteiger partial charge on any atom is 0.335 e. The Bertz CT molecular complexity index is 702. The summed E-state index contributed by atoms with van der Waals surface area (Å²) in [6.45, 7) is 0. The van der Waals surface area contributed by atoms with Crippen LogP contribution in [0, 0.1) is 0 Å². The zero-order chi connectivity index (χ0) is 14.0. The number of halogens is 1. The van der Waals surface area contributed by atoms with Crippen molar-refractivity contribution in [1.29, 1.82) is 0 Å². The average molecular weight is 361 g/mol. The summed E-state index contributed by atoms with van der Waals surface area (Å²) in [7, 11) is -3.45. The van der Waals surface area contributed by atoms with Crippen molar-refractivity contribution in [3.05, 3.63) is 50.6 Å². The van der Waals surface area contributed by atoms with Crippen molar-refractivity contribution < 1.29 is 18.3 Å². The summed E-state index contributed by atoms with van der Waals surface area (Å²) in [6.07, 6.45) is 0. The molecule has 0 radical (unpaired) electrons. The quantitative estimate of drug-likeness (QED) is 0.908. The molecule has 100 valence electrons. The number of carbonyl (C=O) groups is 1. The lowest BCUT2D eigenvalue weighted by molar-refractivity contribution is 0.0697. The summed E-state index contributed by atoms with van der Waals surface area (Å²) < 4.78 is 25.1. The fraction of sp³-hybridized carbons (Fsp3) is 0.0833. The Morgan fingerprint density at radius 3 is 2.37 bits per heavy atom. The minimum Gasteiger partial charge on any atom is -0.478 e. The SMILES string of the molecule is O=C(O)c1ccc(S(=O)(=O)Cc2cc(Br)cs2)cc1. The van der Waals surface area contributed by atoms with Crippen molar-refractivity contribution in [3.8, 4) is 0 Å². The Labute approximate surface area is 122 Å². The van der Waals surface area contributed by atoms with Crippen LogP contribution in [-0.4, -0.2) is 19.5 Å². The number of carboxylic acids is 1. The van der Waals surface area contributed by atoms with E-state index in [4.69, 9.17) is 5.11 Å². The second kappa shape index (κ2) is 5.44. The van der Waals surface area contributed by atoms with Gasteiger partial charge in [-0.3, -0.25) is 0 Å². The molecule has 2 rings (SSSR count).